The first-order valence-electron chi connectivity index (χ1n) is 8.77. The summed E-state index contributed by atoms with van der Waals surface area (Å²) in [4.78, 5) is 12.7. The lowest BCUT2D eigenvalue weighted by atomic mass is 10.0. The van der Waals surface area contributed by atoms with Crippen LogP contribution in [-0.4, -0.2) is 26.6 Å². The Balaban J connectivity index is 2.21. The molecule has 2 aromatic carbocycles. The van der Waals surface area contributed by atoms with Crippen LogP contribution in [0.3, 0.4) is 0 Å². The van der Waals surface area contributed by atoms with Crippen LogP contribution in [0.4, 0.5) is 10.1 Å². The van der Waals surface area contributed by atoms with Crippen molar-refractivity contribution in [3.05, 3.63) is 65.5 Å². The number of halogens is 1. The van der Waals surface area contributed by atoms with Gasteiger partial charge in [-0.15, -0.1) is 0 Å². The minimum absolute atomic E-state index is 0.111. The van der Waals surface area contributed by atoms with Crippen LogP contribution in [0.1, 0.15) is 37.9 Å². The molecule has 0 saturated heterocycles. The normalized spacial score (nSPS) is 13.7. The average molecular weight is 392 g/mol. The van der Waals surface area contributed by atoms with E-state index in [0.717, 1.165) is 28.6 Å². The van der Waals surface area contributed by atoms with Crippen molar-refractivity contribution < 1.29 is 17.6 Å². The number of rotatable bonds is 7. The molecule has 0 spiro atoms. The molecule has 2 rings (SSSR count). The molecule has 27 heavy (non-hydrogen) atoms. The molecule has 146 valence electrons. The second kappa shape index (κ2) is 8.52. The number of benzene rings is 2. The van der Waals surface area contributed by atoms with Crippen molar-refractivity contribution in [2.75, 3.05) is 10.6 Å². The first kappa shape index (κ1) is 20.9. The minimum Gasteiger partial charge on any atom is -0.348 e. The molecule has 0 saturated carbocycles. The zero-order valence-electron chi connectivity index (χ0n) is 15.9. The molecule has 7 heteroatoms. The third kappa shape index (κ3) is 5.29. The van der Waals surface area contributed by atoms with Gasteiger partial charge in [-0.2, -0.15) is 0 Å². The van der Waals surface area contributed by atoms with E-state index in [1.54, 1.807) is 0 Å². The maximum atomic E-state index is 13.6. The smallest absolute Gasteiger partial charge is 0.244 e. The van der Waals surface area contributed by atoms with Crippen LogP contribution in [0.15, 0.2) is 48.5 Å². The minimum atomic E-state index is -3.78. The number of anilines is 1. The highest BCUT2D eigenvalue weighted by Gasteiger charge is 2.30. The van der Waals surface area contributed by atoms with E-state index in [-0.39, 0.29) is 11.7 Å². The molecule has 0 aliphatic rings. The van der Waals surface area contributed by atoms with Gasteiger partial charge >= 0.3 is 0 Å². The largest absolute Gasteiger partial charge is 0.348 e. The highest BCUT2D eigenvalue weighted by atomic mass is 32.2. The summed E-state index contributed by atoms with van der Waals surface area (Å²) in [5.41, 5.74) is 2.23. The van der Waals surface area contributed by atoms with E-state index in [1.807, 2.05) is 31.2 Å². The van der Waals surface area contributed by atoms with Crippen molar-refractivity contribution >= 4 is 21.6 Å². The van der Waals surface area contributed by atoms with Gasteiger partial charge in [0.25, 0.3) is 0 Å². The van der Waals surface area contributed by atoms with Gasteiger partial charge in [-0.3, -0.25) is 9.10 Å². The molecular formula is C20H25FN2O3S. The number of sulfonamides is 1. The number of hydrogen-bond donors (Lipinski definition) is 1. The monoisotopic (exact) mass is 392 g/mol. The van der Waals surface area contributed by atoms with Gasteiger partial charge in [0, 0.05) is 0 Å². The molecule has 0 fully saturated rings. The summed E-state index contributed by atoms with van der Waals surface area (Å²) < 4.78 is 39.0. The predicted molar refractivity (Wildman–Crippen MR) is 106 cm³/mol. The van der Waals surface area contributed by atoms with Crippen LogP contribution in [-0.2, 0) is 21.2 Å². The molecule has 0 radical (unpaired) electrons. The first-order chi connectivity index (χ1) is 12.6. The van der Waals surface area contributed by atoms with Crippen molar-refractivity contribution in [1.29, 1.82) is 0 Å². The molecule has 0 aliphatic carbocycles. The maximum absolute atomic E-state index is 13.6. The molecule has 2 atom stereocenters. The van der Waals surface area contributed by atoms with Gasteiger partial charge in [0.15, 0.2) is 0 Å². The summed E-state index contributed by atoms with van der Waals surface area (Å²) in [5, 5.41) is 2.83. The molecule has 0 aliphatic heterocycles. The van der Waals surface area contributed by atoms with Crippen LogP contribution in [0.25, 0.3) is 0 Å². The molecule has 0 bridgehead atoms. The molecule has 2 aromatic rings. The molecule has 0 heterocycles. The van der Waals surface area contributed by atoms with E-state index in [1.165, 1.54) is 30.7 Å². The summed E-state index contributed by atoms with van der Waals surface area (Å²) in [6.07, 6.45) is 1.92. The van der Waals surface area contributed by atoms with Gasteiger partial charge in [0.2, 0.25) is 15.9 Å². The number of nitrogens with zero attached hydrogens (tertiary/aromatic N) is 1. The van der Waals surface area contributed by atoms with Crippen molar-refractivity contribution in [3.8, 4) is 0 Å². The predicted octanol–water partition coefficient (Wildman–Crippen LogP) is 3.42. The lowest BCUT2D eigenvalue weighted by molar-refractivity contribution is -0.122. The quantitative estimate of drug-likeness (QED) is 0.785. The van der Waals surface area contributed by atoms with Crippen molar-refractivity contribution in [2.45, 2.75) is 39.3 Å². The summed E-state index contributed by atoms with van der Waals surface area (Å²) in [6.45, 7) is 5.38. The fourth-order valence-corrected chi connectivity index (χ4v) is 4.05. The fourth-order valence-electron chi connectivity index (χ4n) is 2.88. The lowest BCUT2D eigenvalue weighted by Crippen LogP contribution is -2.48. The second-order valence-corrected chi connectivity index (χ2v) is 8.40. The third-order valence-corrected chi connectivity index (χ3v) is 5.64. The Hall–Kier alpha value is -2.41. The maximum Gasteiger partial charge on any atom is 0.244 e. The number of hydrogen-bond acceptors (Lipinski definition) is 3. The van der Waals surface area contributed by atoms with E-state index in [0.29, 0.717) is 0 Å². The van der Waals surface area contributed by atoms with E-state index in [2.05, 4.69) is 12.2 Å². The van der Waals surface area contributed by atoms with Gasteiger partial charge in [0.1, 0.15) is 11.9 Å². The summed E-state index contributed by atoms with van der Waals surface area (Å²) >= 11 is 0. The van der Waals surface area contributed by atoms with E-state index >= 15 is 0 Å². The lowest BCUT2D eigenvalue weighted by Gasteiger charge is -2.29. The van der Waals surface area contributed by atoms with Gasteiger partial charge in [-0.25, -0.2) is 12.8 Å². The summed E-state index contributed by atoms with van der Waals surface area (Å²) in [6, 6.07) is 11.7. The van der Waals surface area contributed by atoms with E-state index < -0.39 is 27.8 Å². The van der Waals surface area contributed by atoms with Crippen LogP contribution < -0.4 is 9.62 Å². The summed E-state index contributed by atoms with van der Waals surface area (Å²) in [7, 11) is -3.78. The highest BCUT2D eigenvalue weighted by molar-refractivity contribution is 7.92. The number of amides is 1. The van der Waals surface area contributed by atoms with Crippen LogP contribution in [0.2, 0.25) is 0 Å². The fraction of sp³-hybridized carbons (Fsp3) is 0.350. The number of carbonyl (C=O) groups is 1. The Kier molecular flexibility index (Phi) is 6.59. The average Bonchev–Trinajstić information content (AvgIpc) is 2.60. The molecule has 1 amide bonds. The van der Waals surface area contributed by atoms with Crippen LogP contribution >= 0.6 is 0 Å². The first-order valence-corrected chi connectivity index (χ1v) is 10.6. The van der Waals surface area contributed by atoms with Crippen LogP contribution in [0.5, 0.6) is 0 Å². The zero-order chi connectivity index (χ0) is 20.2. The Morgan fingerprint density at radius 2 is 1.78 bits per heavy atom. The molecule has 1 N–H and O–H groups in total. The van der Waals surface area contributed by atoms with E-state index in [4.69, 9.17) is 0 Å². The molecule has 2 unspecified atom stereocenters. The van der Waals surface area contributed by atoms with Gasteiger partial charge < -0.3 is 5.32 Å². The molecule has 5 nitrogen and oxygen atoms in total. The number of aryl methyl sites for hydroxylation is 1. The third-order valence-electron chi connectivity index (χ3n) is 4.40. The summed E-state index contributed by atoms with van der Waals surface area (Å²) in [5.74, 6) is -1.03. The number of carbonyl (C=O) groups excluding carboxylic acids is 1. The van der Waals surface area contributed by atoms with Crippen molar-refractivity contribution in [2.24, 2.45) is 0 Å². The molecule has 0 aromatic heterocycles. The SMILES string of the molecule is CCc1ccc(C(C)NC(=O)C(C)N(c2cccc(F)c2)S(C)(=O)=O)cc1. The van der Waals surface area contributed by atoms with Gasteiger partial charge in [-0.1, -0.05) is 37.3 Å². The Labute approximate surface area is 160 Å². The van der Waals surface area contributed by atoms with Crippen LogP contribution in [0, 0.1) is 5.82 Å². The van der Waals surface area contributed by atoms with Gasteiger partial charge in [0.05, 0.1) is 18.0 Å². The number of nitrogens with one attached hydrogen (secondary N) is 1. The van der Waals surface area contributed by atoms with Gasteiger partial charge in [-0.05, 0) is 49.6 Å². The highest BCUT2D eigenvalue weighted by Crippen LogP contribution is 2.22. The van der Waals surface area contributed by atoms with E-state index in [9.17, 15) is 17.6 Å². The van der Waals surface area contributed by atoms with Crippen molar-refractivity contribution in [1.82, 2.24) is 5.32 Å². The Bertz CT molecular complexity index is 898. The standard InChI is InChI=1S/C20H25FN2O3S/c1-5-16-9-11-17(12-10-16)14(2)22-20(24)15(3)23(27(4,25)26)19-8-6-7-18(21)13-19/h6-15H,5H2,1-4H3,(H,22,24). The zero-order valence-corrected chi connectivity index (χ0v) is 16.8. The second-order valence-electron chi connectivity index (χ2n) is 6.54. The van der Waals surface area contributed by atoms with Crippen molar-refractivity contribution in [3.63, 3.8) is 0 Å². The molecular weight excluding hydrogens is 367 g/mol. The Morgan fingerprint density at radius 1 is 1.15 bits per heavy atom. The Morgan fingerprint density at radius 3 is 2.30 bits per heavy atom. The topological polar surface area (TPSA) is 66.5 Å².